The molecule has 2 aromatic heterocycles. The third kappa shape index (κ3) is 2.21. The fraction of sp³-hybridized carbons (Fsp3) is 0.333. The number of nitrogens with zero attached hydrogens (tertiary/aromatic N) is 2. The molecule has 0 saturated carbocycles. The number of pyridine rings is 1. The van der Waals surface area contributed by atoms with Gasteiger partial charge in [0.1, 0.15) is 0 Å². The lowest BCUT2D eigenvalue weighted by Crippen LogP contribution is -2.01. The van der Waals surface area contributed by atoms with E-state index in [4.69, 9.17) is 0 Å². The molecular weight excluding hydrogens is 200 g/mol. The normalized spacial score (nSPS) is 10.4. The quantitative estimate of drug-likeness (QED) is 0.824. The first-order chi connectivity index (χ1) is 7.81. The molecule has 4 heteroatoms. The van der Waals surface area contributed by atoms with E-state index in [0.717, 1.165) is 18.8 Å². The second-order valence-electron chi connectivity index (χ2n) is 3.74. The average Bonchev–Trinajstić information content (AvgIpc) is 2.69. The molecular formula is C12H16N4. The van der Waals surface area contributed by atoms with Gasteiger partial charge in [0.25, 0.3) is 0 Å². The number of nitrogens with one attached hydrogen (secondary N) is 2. The zero-order valence-corrected chi connectivity index (χ0v) is 9.62. The number of rotatable bonds is 4. The standard InChI is InChI=1S/C12H16N4/c1-3-11-9(2)12(16-15-11)14-8-10-4-6-13-7-5-10/h4-7H,3,8H2,1-2H3,(H2,14,15,16). The Kier molecular flexibility index (Phi) is 3.19. The molecule has 0 aliphatic carbocycles. The predicted octanol–water partition coefficient (Wildman–Crippen LogP) is 2.29. The van der Waals surface area contributed by atoms with Gasteiger partial charge in [0.2, 0.25) is 0 Å². The fourth-order valence-electron chi connectivity index (χ4n) is 1.64. The molecule has 2 N–H and O–H groups in total. The van der Waals surface area contributed by atoms with Gasteiger partial charge in [-0.25, -0.2) is 0 Å². The Bertz CT molecular complexity index is 447. The largest absolute Gasteiger partial charge is 0.364 e. The maximum atomic E-state index is 4.25. The van der Waals surface area contributed by atoms with Gasteiger partial charge in [-0.2, -0.15) is 5.10 Å². The lowest BCUT2D eigenvalue weighted by Gasteiger charge is -2.03. The van der Waals surface area contributed by atoms with Crippen molar-refractivity contribution in [1.29, 1.82) is 0 Å². The van der Waals surface area contributed by atoms with Crippen molar-refractivity contribution in [3.05, 3.63) is 41.3 Å². The van der Waals surface area contributed by atoms with Crippen molar-refractivity contribution in [3.63, 3.8) is 0 Å². The molecule has 16 heavy (non-hydrogen) atoms. The zero-order valence-electron chi connectivity index (χ0n) is 9.62. The summed E-state index contributed by atoms with van der Waals surface area (Å²) in [5.41, 5.74) is 3.60. The first-order valence-corrected chi connectivity index (χ1v) is 5.48. The second-order valence-corrected chi connectivity index (χ2v) is 3.74. The Morgan fingerprint density at radius 2 is 2.06 bits per heavy atom. The van der Waals surface area contributed by atoms with Gasteiger partial charge in [0.05, 0.1) is 0 Å². The highest BCUT2D eigenvalue weighted by Gasteiger charge is 2.06. The van der Waals surface area contributed by atoms with Crippen LogP contribution < -0.4 is 5.32 Å². The van der Waals surface area contributed by atoms with Crippen LogP contribution in [-0.4, -0.2) is 15.2 Å². The van der Waals surface area contributed by atoms with Crippen molar-refractivity contribution in [2.45, 2.75) is 26.8 Å². The summed E-state index contributed by atoms with van der Waals surface area (Å²) in [5.74, 6) is 0.939. The molecule has 0 unspecified atom stereocenters. The van der Waals surface area contributed by atoms with Crippen LogP contribution in [0.2, 0.25) is 0 Å². The van der Waals surface area contributed by atoms with E-state index in [1.807, 2.05) is 12.1 Å². The summed E-state index contributed by atoms with van der Waals surface area (Å²) >= 11 is 0. The Morgan fingerprint density at radius 3 is 2.69 bits per heavy atom. The SMILES string of the molecule is CCc1[nH]nc(NCc2ccncc2)c1C. The third-order valence-corrected chi connectivity index (χ3v) is 2.67. The van der Waals surface area contributed by atoms with Gasteiger partial charge in [-0.3, -0.25) is 10.1 Å². The molecule has 0 atom stereocenters. The summed E-state index contributed by atoms with van der Waals surface area (Å²) in [7, 11) is 0. The Labute approximate surface area is 95.1 Å². The van der Waals surface area contributed by atoms with E-state index in [1.165, 1.54) is 16.8 Å². The molecule has 0 spiro atoms. The van der Waals surface area contributed by atoms with E-state index in [9.17, 15) is 0 Å². The van der Waals surface area contributed by atoms with Gasteiger partial charge < -0.3 is 5.32 Å². The van der Waals surface area contributed by atoms with Crippen LogP contribution in [0, 0.1) is 6.92 Å². The fourth-order valence-corrected chi connectivity index (χ4v) is 1.64. The second kappa shape index (κ2) is 4.79. The molecule has 84 valence electrons. The third-order valence-electron chi connectivity index (χ3n) is 2.67. The van der Waals surface area contributed by atoms with Crippen LogP contribution in [0.25, 0.3) is 0 Å². The summed E-state index contributed by atoms with van der Waals surface area (Å²) < 4.78 is 0. The number of hydrogen-bond acceptors (Lipinski definition) is 3. The topological polar surface area (TPSA) is 53.6 Å². The smallest absolute Gasteiger partial charge is 0.151 e. The zero-order chi connectivity index (χ0) is 11.4. The number of hydrogen-bond donors (Lipinski definition) is 2. The van der Waals surface area contributed by atoms with Crippen molar-refractivity contribution >= 4 is 5.82 Å². The van der Waals surface area contributed by atoms with E-state index in [-0.39, 0.29) is 0 Å². The molecule has 0 fully saturated rings. The molecule has 0 aliphatic heterocycles. The molecule has 0 bridgehead atoms. The molecule has 2 heterocycles. The van der Waals surface area contributed by atoms with Crippen molar-refractivity contribution < 1.29 is 0 Å². The molecule has 0 amide bonds. The predicted molar refractivity (Wildman–Crippen MR) is 64.3 cm³/mol. The van der Waals surface area contributed by atoms with Crippen molar-refractivity contribution in [2.75, 3.05) is 5.32 Å². The van der Waals surface area contributed by atoms with Crippen LogP contribution in [-0.2, 0) is 13.0 Å². The van der Waals surface area contributed by atoms with E-state index in [2.05, 4.69) is 34.3 Å². The molecule has 0 saturated heterocycles. The first-order valence-electron chi connectivity index (χ1n) is 5.48. The van der Waals surface area contributed by atoms with Gasteiger partial charge in [0, 0.05) is 30.2 Å². The van der Waals surface area contributed by atoms with Gasteiger partial charge in [0.15, 0.2) is 5.82 Å². The minimum Gasteiger partial charge on any atom is -0.364 e. The van der Waals surface area contributed by atoms with Crippen LogP contribution in [0.1, 0.15) is 23.7 Å². The minimum absolute atomic E-state index is 0.775. The van der Waals surface area contributed by atoms with Gasteiger partial charge in [-0.1, -0.05) is 6.92 Å². The minimum atomic E-state index is 0.775. The molecule has 2 rings (SSSR count). The lowest BCUT2D eigenvalue weighted by molar-refractivity contribution is 0.965. The maximum Gasteiger partial charge on any atom is 0.151 e. The summed E-state index contributed by atoms with van der Waals surface area (Å²) in [6.45, 7) is 4.97. The number of aromatic nitrogens is 3. The number of aromatic amines is 1. The Hall–Kier alpha value is -1.84. The molecule has 2 aromatic rings. The molecule has 0 aromatic carbocycles. The summed E-state index contributed by atoms with van der Waals surface area (Å²) in [6, 6.07) is 3.99. The molecule has 0 radical (unpaired) electrons. The van der Waals surface area contributed by atoms with E-state index < -0.39 is 0 Å². The summed E-state index contributed by atoms with van der Waals surface area (Å²) in [5, 5.41) is 10.6. The highest BCUT2D eigenvalue weighted by Crippen LogP contribution is 2.16. The van der Waals surface area contributed by atoms with Crippen LogP contribution in [0.3, 0.4) is 0 Å². The summed E-state index contributed by atoms with van der Waals surface area (Å²) in [4.78, 5) is 3.99. The highest BCUT2D eigenvalue weighted by atomic mass is 15.2. The van der Waals surface area contributed by atoms with E-state index >= 15 is 0 Å². The van der Waals surface area contributed by atoms with Gasteiger partial charge >= 0.3 is 0 Å². The van der Waals surface area contributed by atoms with E-state index in [0.29, 0.717) is 0 Å². The lowest BCUT2D eigenvalue weighted by atomic mass is 10.2. The number of H-pyrrole nitrogens is 1. The average molecular weight is 216 g/mol. The number of aryl methyl sites for hydroxylation is 1. The Balaban J connectivity index is 2.02. The van der Waals surface area contributed by atoms with Gasteiger partial charge in [-0.15, -0.1) is 0 Å². The Morgan fingerprint density at radius 1 is 1.31 bits per heavy atom. The summed E-state index contributed by atoms with van der Waals surface area (Å²) in [6.07, 6.45) is 4.58. The van der Waals surface area contributed by atoms with Crippen LogP contribution >= 0.6 is 0 Å². The molecule has 4 nitrogen and oxygen atoms in total. The van der Waals surface area contributed by atoms with Crippen LogP contribution in [0.15, 0.2) is 24.5 Å². The van der Waals surface area contributed by atoms with E-state index in [1.54, 1.807) is 12.4 Å². The van der Waals surface area contributed by atoms with Crippen LogP contribution in [0.4, 0.5) is 5.82 Å². The maximum absolute atomic E-state index is 4.25. The highest BCUT2D eigenvalue weighted by molar-refractivity contribution is 5.45. The van der Waals surface area contributed by atoms with Crippen LogP contribution in [0.5, 0.6) is 0 Å². The van der Waals surface area contributed by atoms with Crippen molar-refractivity contribution in [2.24, 2.45) is 0 Å². The van der Waals surface area contributed by atoms with Crippen molar-refractivity contribution in [3.8, 4) is 0 Å². The monoisotopic (exact) mass is 216 g/mol. The van der Waals surface area contributed by atoms with Gasteiger partial charge in [-0.05, 0) is 31.0 Å². The first kappa shape index (κ1) is 10.7. The molecule has 0 aliphatic rings. The number of anilines is 1. The van der Waals surface area contributed by atoms with Crippen molar-refractivity contribution in [1.82, 2.24) is 15.2 Å².